The number of carbonyl (C=O) groups is 1. The molecule has 0 aliphatic heterocycles. The summed E-state index contributed by atoms with van der Waals surface area (Å²) in [4.78, 5) is 15.5. The van der Waals surface area contributed by atoms with Gasteiger partial charge in [0, 0.05) is 0 Å². The van der Waals surface area contributed by atoms with Crippen molar-refractivity contribution >= 4 is 5.91 Å². The zero-order chi connectivity index (χ0) is 13.3. The fourth-order valence-corrected chi connectivity index (χ4v) is 2.04. The number of carbonyl (C=O) groups excluding carboxylic acids is 1. The zero-order valence-electron chi connectivity index (χ0n) is 10.6. The van der Waals surface area contributed by atoms with Crippen molar-refractivity contribution in [1.29, 1.82) is 0 Å². The Labute approximate surface area is 105 Å². The minimum atomic E-state index is -0.524. The summed E-state index contributed by atoms with van der Waals surface area (Å²) in [6.07, 6.45) is 0. The molecule has 0 fully saturated rings. The van der Waals surface area contributed by atoms with Crippen LogP contribution in [0.25, 0.3) is 5.69 Å². The quantitative estimate of drug-likeness (QED) is 0.892. The average molecular weight is 245 g/mol. The summed E-state index contributed by atoms with van der Waals surface area (Å²) in [5.41, 5.74) is 7.14. The van der Waals surface area contributed by atoms with Crippen molar-refractivity contribution in [2.24, 2.45) is 5.73 Å². The lowest BCUT2D eigenvalue weighted by atomic mass is 10.2. The molecule has 0 atom stereocenters. The van der Waals surface area contributed by atoms with Crippen LogP contribution in [0.4, 0.5) is 0 Å². The van der Waals surface area contributed by atoms with Crippen LogP contribution < -0.4 is 10.5 Å². The van der Waals surface area contributed by atoms with E-state index >= 15 is 0 Å². The van der Waals surface area contributed by atoms with Gasteiger partial charge in [-0.05, 0) is 26.0 Å². The number of imidazole rings is 1. The minimum Gasteiger partial charge on any atom is -0.495 e. The number of methoxy groups -OCH3 is 1. The van der Waals surface area contributed by atoms with E-state index in [1.807, 2.05) is 42.7 Å². The Balaban J connectivity index is 2.68. The molecule has 0 spiro atoms. The van der Waals surface area contributed by atoms with Gasteiger partial charge in [0.2, 0.25) is 0 Å². The first-order valence-electron chi connectivity index (χ1n) is 5.55. The van der Waals surface area contributed by atoms with Gasteiger partial charge in [0.1, 0.15) is 17.3 Å². The second-order valence-electron chi connectivity index (χ2n) is 3.96. The van der Waals surface area contributed by atoms with Gasteiger partial charge in [-0.3, -0.25) is 9.36 Å². The molecule has 18 heavy (non-hydrogen) atoms. The van der Waals surface area contributed by atoms with E-state index in [0.29, 0.717) is 17.2 Å². The van der Waals surface area contributed by atoms with E-state index in [1.165, 1.54) is 0 Å². The number of hydrogen-bond donors (Lipinski definition) is 1. The second-order valence-corrected chi connectivity index (χ2v) is 3.96. The van der Waals surface area contributed by atoms with Crippen LogP contribution in [0.3, 0.4) is 0 Å². The molecule has 2 N–H and O–H groups in total. The monoisotopic (exact) mass is 245 g/mol. The van der Waals surface area contributed by atoms with Crippen LogP contribution in [0.1, 0.15) is 22.0 Å². The molecule has 0 saturated carbocycles. The number of rotatable bonds is 3. The zero-order valence-corrected chi connectivity index (χ0v) is 10.6. The first-order chi connectivity index (χ1) is 8.56. The lowest BCUT2D eigenvalue weighted by Crippen LogP contribution is -2.13. The Morgan fingerprint density at radius 3 is 2.56 bits per heavy atom. The van der Waals surface area contributed by atoms with Gasteiger partial charge in [0.15, 0.2) is 0 Å². The molecule has 2 aromatic rings. The van der Waals surface area contributed by atoms with Crippen molar-refractivity contribution in [3.63, 3.8) is 0 Å². The largest absolute Gasteiger partial charge is 0.495 e. The van der Waals surface area contributed by atoms with Crippen molar-refractivity contribution in [3.05, 3.63) is 41.5 Å². The normalized spacial score (nSPS) is 10.4. The third-order valence-corrected chi connectivity index (χ3v) is 2.83. The van der Waals surface area contributed by atoms with Gasteiger partial charge < -0.3 is 10.5 Å². The summed E-state index contributed by atoms with van der Waals surface area (Å²) >= 11 is 0. The number of nitrogens with zero attached hydrogens (tertiary/aromatic N) is 2. The molecular formula is C13H15N3O2. The van der Waals surface area contributed by atoms with E-state index in [2.05, 4.69) is 4.98 Å². The maximum Gasteiger partial charge on any atom is 0.269 e. The highest BCUT2D eigenvalue weighted by molar-refractivity contribution is 5.92. The number of ether oxygens (including phenoxy) is 1. The molecule has 94 valence electrons. The van der Waals surface area contributed by atoms with Crippen LogP contribution in [-0.4, -0.2) is 22.6 Å². The summed E-state index contributed by atoms with van der Waals surface area (Å²) < 4.78 is 7.17. The molecular weight excluding hydrogens is 230 g/mol. The predicted octanol–water partition coefficient (Wildman–Crippen LogP) is 1.60. The van der Waals surface area contributed by atoms with Gasteiger partial charge in [-0.2, -0.15) is 0 Å². The number of nitrogens with two attached hydrogens (primary N) is 1. The van der Waals surface area contributed by atoms with Gasteiger partial charge in [0.05, 0.1) is 18.5 Å². The molecule has 0 unspecified atom stereocenters. The van der Waals surface area contributed by atoms with Crippen molar-refractivity contribution in [2.75, 3.05) is 7.11 Å². The minimum absolute atomic E-state index is 0.290. The van der Waals surface area contributed by atoms with Crippen LogP contribution in [0.2, 0.25) is 0 Å². The Morgan fingerprint density at radius 2 is 2.00 bits per heavy atom. The highest BCUT2D eigenvalue weighted by Gasteiger charge is 2.17. The first kappa shape index (κ1) is 12.2. The summed E-state index contributed by atoms with van der Waals surface area (Å²) in [5.74, 6) is 0.896. The molecule has 1 aromatic heterocycles. The number of aryl methyl sites for hydroxylation is 1. The standard InChI is InChI=1S/C13H15N3O2/c1-8-12(13(14)17)15-9(2)16(8)10-6-4-5-7-11(10)18-3/h4-7H,1-3H3,(H2,14,17). The summed E-state index contributed by atoms with van der Waals surface area (Å²) in [5, 5.41) is 0. The van der Waals surface area contributed by atoms with E-state index in [9.17, 15) is 4.79 Å². The lowest BCUT2D eigenvalue weighted by molar-refractivity contribution is 0.0995. The van der Waals surface area contributed by atoms with Crippen molar-refractivity contribution in [2.45, 2.75) is 13.8 Å². The molecule has 0 aliphatic carbocycles. The van der Waals surface area contributed by atoms with Crippen LogP contribution in [-0.2, 0) is 0 Å². The maximum atomic E-state index is 11.3. The summed E-state index contributed by atoms with van der Waals surface area (Å²) in [7, 11) is 1.61. The van der Waals surface area contributed by atoms with Gasteiger partial charge in [-0.25, -0.2) is 4.98 Å². The van der Waals surface area contributed by atoms with Crippen molar-refractivity contribution in [1.82, 2.24) is 9.55 Å². The van der Waals surface area contributed by atoms with E-state index in [-0.39, 0.29) is 0 Å². The third kappa shape index (κ3) is 1.84. The highest BCUT2D eigenvalue weighted by Crippen LogP contribution is 2.26. The van der Waals surface area contributed by atoms with Gasteiger partial charge >= 0.3 is 0 Å². The molecule has 2 rings (SSSR count). The average Bonchev–Trinajstić information content (AvgIpc) is 2.65. The molecule has 5 nitrogen and oxygen atoms in total. The van der Waals surface area contributed by atoms with E-state index in [1.54, 1.807) is 7.11 Å². The lowest BCUT2D eigenvalue weighted by Gasteiger charge is -2.12. The third-order valence-electron chi connectivity index (χ3n) is 2.83. The molecule has 0 bridgehead atoms. The molecule has 0 radical (unpaired) electrons. The number of benzene rings is 1. The topological polar surface area (TPSA) is 70.1 Å². The Hall–Kier alpha value is -2.30. The second kappa shape index (κ2) is 4.52. The van der Waals surface area contributed by atoms with Gasteiger partial charge in [-0.15, -0.1) is 0 Å². The highest BCUT2D eigenvalue weighted by atomic mass is 16.5. The Morgan fingerprint density at radius 1 is 1.33 bits per heavy atom. The number of para-hydroxylation sites is 2. The van der Waals surface area contributed by atoms with Crippen LogP contribution >= 0.6 is 0 Å². The van der Waals surface area contributed by atoms with E-state index < -0.39 is 5.91 Å². The number of hydrogen-bond acceptors (Lipinski definition) is 3. The van der Waals surface area contributed by atoms with Crippen LogP contribution in [0, 0.1) is 13.8 Å². The number of aromatic nitrogens is 2. The molecule has 1 amide bonds. The van der Waals surface area contributed by atoms with Crippen LogP contribution in [0.5, 0.6) is 5.75 Å². The Bertz CT molecular complexity index is 602. The SMILES string of the molecule is COc1ccccc1-n1c(C)nc(C(N)=O)c1C. The first-order valence-corrected chi connectivity index (χ1v) is 5.55. The summed E-state index contributed by atoms with van der Waals surface area (Å²) in [6, 6.07) is 7.56. The fourth-order valence-electron chi connectivity index (χ4n) is 2.04. The van der Waals surface area contributed by atoms with E-state index in [4.69, 9.17) is 10.5 Å². The van der Waals surface area contributed by atoms with E-state index in [0.717, 1.165) is 11.4 Å². The number of primary amides is 1. The molecule has 5 heteroatoms. The predicted molar refractivity (Wildman–Crippen MR) is 68.1 cm³/mol. The van der Waals surface area contributed by atoms with Crippen molar-refractivity contribution < 1.29 is 9.53 Å². The smallest absolute Gasteiger partial charge is 0.269 e. The van der Waals surface area contributed by atoms with Crippen LogP contribution in [0.15, 0.2) is 24.3 Å². The molecule has 0 saturated heterocycles. The fraction of sp³-hybridized carbons (Fsp3) is 0.231. The molecule has 0 aliphatic rings. The summed E-state index contributed by atoms with van der Waals surface area (Å²) in [6.45, 7) is 3.64. The maximum absolute atomic E-state index is 11.3. The number of amides is 1. The Kier molecular flexibility index (Phi) is 3.06. The molecule has 1 heterocycles. The van der Waals surface area contributed by atoms with Crippen molar-refractivity contribution in [3.8, 4) is 11.4 Å². The van der Waals surface area contributed by atoms with Gasteiger partial charge in [-0.1, -0.05) is 12.1 Å². The van der Waals surface area contributed by atoms with Gasteiger partial charge in [0.25, 0.3) is 5.91 Å². The molecule has 1 aromatic carbocycles.